The Bertz CT molecular complexity index is 1330. The van der Waals surface area contributed by atoms with E-state index in [1.54, 1.807) is 36.4 Å². The first-order valence-electron chi connectivity index (χ1n) is 12.5. The Hall–Kier alpha value is -3.47. The van der Waals surface area contributed by atoms with Crippen LogP contribution in [0.4, 0.5) is 5.69 Å². The van der Waals surface area contributed by atoms with Crippen molar-refractivity contribution in [3.63, 3.8) is 0 Å². The Balaban J connectivity index is 1.25. The highest BCUT2D eigenvalue weighted by Gasteiger charge is 2.21. The number of nitrogens with one attached hydrogen (secondary N) is 3. The number of rotatable bonds is 10. The van der Waals surface area contributed by atoms with Gasteiger partial charge in [0.15, 0.2) is 5.11 Å². The Morgan fingerprint density at radius 1 is 0.842 bits per heavy atom. The van der Waals surface area contributed by atoms with Crippen LogP contribution in [0.3, 0.4) is 0 Å². The summed E-state index contributed by atoms with van der Waals surface area (Å²) >= 11 is 5.27. The van der Waals surface area contributed by atoms with E-state index < -0.39 is 15.9 Å². The van der Waals surface area contributed by atoms with E-state index >= 15 is 0 Å². The molecule has 0 radical (unpaired) electrons. The molecule has 1 amide bonds. The number of para-hydroxylation sites is 1. The standard InChI is InChI=1S/C28H31N3O5S2/c32-27(21-8-7-13-25(20-21)36-19-18-35-24-11-5-2-6-12-24)30-28(37)29-22-14-16-26(17-15-22)38(33,34)31-23-9-3-1-4-10-23/h2,5-8,11-17,20,23,31H,1,3-4,9-10,18-19H2,(H2,29,30,32,37). The molecule has 1 aliphatic rings. The lowest BCUT2D eigenvalue weighted by Gasteiger charge is -2.22. The molecule has 0 heterocycles. The van der Waals surface area contributed by atoms with E-state index in [4.69, 9.17) is 21.7 Å². The molecule has 1 aliphatic carbocycles. The largest absolute Gasteiger partial charge is 0.490 e. The van der Waals surface area contributed by atoms with Gasteiger partial charge in [0, 0.05) is 17.3 Å². The molecule has 0 bridgehead atoms. The van der Waals surface area contributed by atoms with Crippen molar-refractivity contribution < 1.29 is 22.7 Å². The van der Waals surface area contributed by atoms with E-state index in [0.717, 1.165) is 37.9 Å². The van der Waals surface area contributed by atoms with E-state index in [-0.39, 0.29) is 16.0 Å². The summed E-state index contributed by atoms with van der Waals surface area (Å²) in [5.41, 5.74) is 0.938. The van der Waals surface area contributed by atoms with Gasteiger partial charge in [0.1, 0.15) is 24.7 Å². The summed E-state index contributed by atoms with van der Waals surface area (Å²) < 4.78 is 39.5. The van der Waals surface area contributed by atoms with Crippen LogP contribution in [-0.4, -0.2) is 38.7 Å². The van der Waals surface area contributed by atoms with Crippen LogP contribution in [0.1, 0.15) is 42.5 Å². The van der Waals surface area contributed by atoms with Crippen LogP contribution in [0, 0.1) is 0 Å². The SMILES string of the molecule is O=C(NC(=S)Nc1ccc(S(=O)(=O)NC2CCCCC2)cc1)c1cccc(OCCOc2ccccc2)c1. The van der Waals surface area contributed by atoms with Crippen molar-refractivity contribution in [1.82, 2.24) is 10.0 Å². The lowest BCUT2D eigenvalue weighted by Crippen LogP contribution is -2.36. The third-order valence-corrected chi connectivity index (χ3v) is 7.78. The highest BCUT2D eigenvalue weighted by Crippen LogP contribution is 2.21. The highest BCUT2D eigenvalue weighted by atomic mass is 32.2. The maximum atomic E-state index is 12.7. The van der Waals surface area contributed by atoms with Crippen molar-refractivity contribution in [1.29, 1.82) is 0 Å². The molecule has 1 fully saturated rings. The lowest BCUT2D eigenvalue weighted by molar-refractivity contribution is 0.0977. The molecule has 8 nitrogen and oxygen atoms in total. The molecule has 0 saturated heterocycles. The second kappa shape index (κ2) is 13.4. The monoisotopic (exact) mass is 553 g/mol. The van der Waals surface area contributed by atoms with E-state index in [2.05, 4.69) is 15.4 Å². The molecular weight excluding hydrogens is 522 g/mol. The molecule has 10 heteroatoms. The summed E-state index contributed by atoms with van der Waals surface area (Å²) in [4.78, 5) is 12.9. The fourth-order valence-electron chi connectivity index (χ4n) is 4.13. The van der Waals surface area contributed by atoms with Gasteiger partial charge in [-0.3, -0.25) is 10.1 Å². The summed E-state index contributed by atoms with van der Waals surface area (Å²) in [7, 11) is -3.59. The van der Waals surface area contributed by atoms with Crippen LogP contribution in [-0.2, 0) is 10.0 Å². The minimum atomic E-state index is -3.59. The normalized spacial score (nSPS) is 13.9. The van der Waals surface area contributed by atoms with E-state index in [1.807, 2.05) is 30.3 Å². The van der Waals surface area contributed by atoms with Crippen LogP contribution in [0.25, 0.3) is 0 Å². The quantitative estimate of drug-likeness (QED) is 0.243. The first-order valence-corrected chi connectivity index (χ1v) is 14.4. The highest BCUT2D eigenvalue weighted by molar-refractivity contribution is 7.89. The summed E-state index contributed by atoms with van der Waals surface area (Å²) in [5, 5.41) is 5.63. The molecule has 0 atom stereocenters. The Kier molecular flexibility index (Phi) is 9.69. The average Bonchev–Trinajstić information content (AvgIpc) is 2.92. The summed E-state index contributed by atoms with van der Waals surface area (Å²) in [6.45, 7) is 0.688. The van der Waals surface area contributed by atoms with Crippen LogP contribution in [0.5, 0.6) is 11.5 Å². The topological polar surface area (TPSA) is 106 Å². The third-order valence-electron chi connectivity index (χ3n) is 6.04. The maximum absolute atomic E-state index is 12.7. The van der Waals surface area contributed by atoms with Crippen LogP contribution in [0.2, 0.25) is 0 Å². The zero-order chi connectivity index (χ0) is 26.8. The van der Waals surface area contributed by atoms with Crippen molar-refractivity contribution in [2.24, 2.45) is 0 Å². The van der Waals surface area contributed by atoms with Gasteiger partial charge in [-0.25, -0.2) is 13.1 Å². The van der Waals surface area contributed by atoms with Gasteiger partial charge in [0.25, 0.3) is 5.91 Å². The predicted molar refractivity (Wildman–Crippen MR) is 151 cm³/mol. The van der Waals surface area contributed by atoms with Crippen molar-refractivity contribution in [3.05, 3.63) is 84.4 Å². The average molecular weight is 554 g/mol. The predicted octanol–water partition coefficient (Wildman–Crippen LogP) is 4.88. The van der Waals surface area contributed by atoms with Gasteiger partial charge in [-0.1, -0.05) is 43.5 Å². The molecule has 0 unspecified atom stereocenters. The first-order chi connectivity index (χ1) is 18.4. The number of benzene rings is 3. The minimum absolute atomic E-state index is 0.0131. The summed E-state index contributed by atoms with van der Waals surface area (Å²) in [5.74, 6) is 0.897. The van der Waals surface area contributed by atoms with Gasteiger partial charge in [-0.05, 0) is 79.7 Å². The number of sulfonamides is 1. The smallest absolute Gasteiger partial charge is 0.257 e. The second-order valence-corrected chi connectivity index (χ2v) is 11.0. The number of ether oxygens (including phenoxy) is 2. The van der Waals surface area contributed by atoms with E-state index in [0.29, 0.717) is 30.2 Å². The lowest BCUT2D eigenvalue weighted by atomic mass is 9.96. The molecule has 38 heavy (non-hydrogen) atoms. The number of hydrogen-bond donors (Lipinski definition) is 3. The Labute approximate surface area is 228 Å². The number of carbonyl (C=O) groups excluding carboxylic acids is 1. The van der Waals surface area contributed by atoms with Crippen molar-refractivity contribution >= 4 is 38.9 Å². The fraction of sp³-hybridized carbons (Fsp3) is 0.286. The van der Waals surface area contributed by atoms with Crippen molar-refractivity contribution in [2.45, 2.75) is 43.0 Å². The summed E-state index contributed by atoms with van der Waals surface area (Å²) in [6.07, 6.45) is 4.97. The second-order valence-electron chi connectivity index (χ2n) is 8.93. The van der Waals surface area contributed by atoms with Gasteiger partial charge in [-0.2, -0.15) is 0 Å². The van der Waals surface area contributed by atoms with Crippen molar-refractivity contribution in [3.8, 4) is 11.5 Å². The molecule has 200 valence electrons. The van der Waals surface area contributed by atoms with Crippen LogP contribution in [0.15, 0.2) is 83.8 Å². The first kappa shape index (κ1) is 27.6. The number of hydrogen-bond acceptors (Lipinski definition) is 6. The maximum Gasteiger partial charge on any atom is 0.257 e. The molecule has 4 rings (SSSR count). The number of amides is 1. The van der Waals surface area contributed by atoms with Gasteiger partial charge in [0.05, 0.1) is 4.90 Å². The van der Waals surface area contributed by atoms with Crippen LogP contribution >= 0.6 is 12.2 Å². The molecular formula is C28H31N3O5S2. The van der Waals surface area contributed by atoms with E-state index in [9.17, 15) is 13.2 Å². The number of carbonyl (C=O) groups is 1. The molecule has 0 spiro atoms. The van der Waals surface area contributed by atoms with Crippen LogP contribution < -0.4 is 24.8 Å². The molecule has 3 N–H and O–H groups in total. The van der Waals surface area contributed by atoms with Gasteiger partial charge in [-0.15, -0.1) is 0 Å². The van der Waals surface area contributed by atoms with Gasteiger partial charge in [0.2, 0.25) is 10.0 Å². The zero-order valence-electron chi connectivity index (χ0n) is 20.9. The Morgan fingerprint density at radius 2 is 1.50 bits per heavy atom. The Morgan fingerprint density at radius 3 is 2.21 bits per heavy atom. The molecule has 3 aromatic carbocycles. The zero-order valence-corrected chi connectivity index (χ0v) is 22.5. The number of anilines is 1. The molecule has 0 aliphatic heterocycles. The van der Waals surface area contributed by atoms with Crippen molar-refractivity contribution in [2.75, 3.05) is 18.5 Å². The van der Waals surface area contributed by atoms with Gasteiger partial charge < -0.3 is 14.8 Å². The van der Waals surface area contributed by atoms with Gasteiger partial charge >= 0.3 is 0 Å². The fourth-order valence-corrected chi connectivity index (χ4v) is 5.64. The minimum Gasteiger partial charge on any atom is -0.490 e. The van der Waals surface area contributed by atoms with E-state index in [1.165, 1.54) is 12.1 Å². The summed E-state index contributed by atoms with van der Waals surface area (Å²) in [6, 6.07) is 22.4. The number of thiocarbonyl (C=S) groups is 1. The molecule has 3 aromatic rings. The molecule has 0 aromatic heterocycles. The molecule has 1 saturated carbocycles. The third kappa shape index (κ3) is 8.27.